The van der Waals surface area contributed by atoms with Crippen LogP contribution in [0.4, 0.5) is 5.69 Å². The third-order valence-electron chi connectivity index (χ3n) is 2.24. The maximum atomic E-state index is 10.8. The fraction of sp³-hybridized carbons (Fsp3) is 0.417. The molecular weight excluding hydrogens is 252 g/mol. The molecule has 0 aliphatic heterocycles. The summed E-state index contributed by atoms with van der Waals surface area (Å²) >= 11 is 1.40. The van der Waals surface area contributed by atoms with Crippen molar-refractivity contribution in [2.75, 3.05) is 31.8 Å². The maximum absolute atomic E-state index is 10.8. The van der Waals surface area contributed by atoms with Gasteiger partial charge in [0, 0.05) is 24.8 Å². The first-order valence-electron chi connectivity index (χ1n) is 5.47. The van der Waals surface area contributed by atoms with Crippen molar-refractivity contribution in [3.05, 3.63) is 24.3 Å². The van der Waals surface area contributed by atoms with Crippen LogP contribution in [-0.2, 0) is 14.3 Å². The first-order valence-corrected chi connectivity index (χ1v) is 6.45. The Morgan fingerprint density at radius 3 is 2.67 bits per heavy atom. The Kier molecular flexibility index (Phi) is 6.56. The molecule has 6 heteroatoms. The van der Waals surface area contributed by atoms with Crippen molar-refractivity contribution >= 4 is 23.4 Å². The lowest BCUT2D eigenvalue weighted by molar-refractivity contribution is -0.115. The van der Waals surface area contributed by atoms with Gasteiger partial charge in [0.15, 0.2) is 6.29 Å². The Labute approximate surface area is 111 Å². The highest BCUT2D eigenvalue weighted by Crippen LogP contribution is 2.26. The minimum atomic E-state index is -0.332. The summed E-state index contributed by atoms with van der Waals surface area (Å²) in [4.78, 5) is 11.8. The molecule has 1 rings (SSSR count). The molecule has 0 aliphatic rings. The Morgan fingerprint density at radius 2 is 2.06 bits per heavy atom. The summed E-state index contributed by atoms with van der Waals surface area (Å²) in [7, 11) is 3.17. The van der Waals surface area contributed by atoms with Crippen molar-refractivity contribution in [2.45, 2.75) is 11.2 Å². The number of hydrogen-bond acceptors (Lipinski definition) is 5. The second-order valence-corrected chi connectivity index (χ2v) is 4.55. The van der Waals surface area contributed by atoms with Crippen LogP contribution in [0.15, 0.2) is 29.2 Å². The van der Waals surface area contributed by atoms with E-state index in [0.29, 0.717) is 6.54 Å². The normalized spacial score (nSPS) is 10.6. The topological polar surface area (TPSA) is 73.6 Å². The van der Waals surface area contributed by atoms with Gasteiger partial charge >= 0.3 is 0 Å². The van der Waals surface area contributed by atoms with E-state index in [4.69, 9.17) is 15.2 Å². The van der Waals surface area contributed by atoms with Crippen LogP contribution in [0.25, 0.3) is 0 Å². The van der Waals surface area contributed by atoms with Crippen LogP contribution in [0.5, 0.6) is 0 Å². The molecule has 3 N–H and O–H groups in total. The molecule has 0 heterocycles. The van der Waals surface area contributed by atoms with Gasteiger partial charge in [0.25, 0.3) is 0 Å². The van der Waals surface area contributed by atoms with Crippen molar-refractivity contribution < 1.29 is 14.3 Å². The number of rotatable bonds is 8. The first-order chi connectivity index (χ1) is 8.67. The van der Waals surface area contributed by atoms with E-state index in [0.717, 1.165) is 10.6 Å². The van der Waals surface area contributed by atoms with E-state index in [1.165, 1.54) is 11.8 Å². The summed E-state index contributed by atoms with van der Waals surface area (Å²) in [5.41, 5.74) is 6.07. The summed E-state index contributed by atoms with van der Waals surface area (Å²) in [5, 5.41) is 3.22. The highest BCUT2D eigenvalue weighted by Gasteiger charge is 2.07. The SMILES string of the molecule is COC(CNc1ccccc1SCC(N)=O)OC. The van der Waals surface area contributed by atoms with E-state index >= 15 is 0 Å². The minimum absolute atomic E-state index is 0.261. The Hall–Kier alpha value is -1.24. The van der Waals surface area contributed by atoms with Crippen LogP contribution >= 0.6 is 11.8 Å². The van der Waals surface area contributed by atoms with Crippen molar-refractivity contribution in [3.63, 3.8) is 0 Å². The monoisotopic (exact) mass is 270 g/mol. The molecule has 0 aliphatic carbocycles. The molecule has 5 nitrogen and oxygen atoms in total. The third-order valence-corrected chi connectivity index (χ3v) is 3.34. The number of benzene rings is 1. The molecular formula is C12H18N2O3S. The second kappa shape index (κ2) is 7.97. The number of hydrogen-bond donors (Lipinski definition) is 2. The number of carbonyl (C=O) groups is 1. The number of carbonyl (C=O) groups excluding carboxylic acids is 1. The Morgan fingerprint density at radius 1 is 1.39 bits per heavy atom. The number of anilines is 1. The van der Waals surface area contributed by atoms with Crippen LogP contribution < -0.4 is 11.1 Å². The van der Waals surface area contributed by atoms with Crippen molar-refractivity contribution in [1.29, 1.82) is 0 Å². The quantitative estimate of drug-likeness (QED) is 0.550. The first kappa shape index (κ1) is 14.8. The molecule has 0 bridgehead atoms. The van der Waals surface area contributed by atoms with Crippen LogP contribution in [-0.4, -0.2) is 38.7 Å². The molecule has 0 saturated carbocycles. The lowest BCUT2D eigenvalue weighted by Crippen LogP contribution is -2.23. The van der Waals surface area contributed by atoms with Gasteiger partial charge in [-0.1, -0.05) is 12.1 Å². The Bertz CT molecular complexity index is 383. The Balaban J connectivity index is 2.61. The van der Waals surface area contributed by atoms with Gasteiger partial charge in [-0.15, -0.1) is 11.8 Å². The molecule has 1 aromatic rings. The van der Waals surface area contributed by atoms with E-state index in [1.807, 2.05) is 24.3 Å². The smallest absolute Gasteiger partial charge is 0.227 e. The van der Waals surface area contributed by atoms with Gasteiger partial charge in [-0.05, 0) is 12.1 Å². The number of amides is 1. The summed E-state index contributed by atoms with van der Waals surface area (Å²) < 4.78 is 10.2. The fourth-order valence-corrected chi connectivity index (χ4v) is 2.11. The van der Waals surface area contributed by atoms with Gasteiger partial charge in [0.2, 0.25) is 5.91 Å². The van der Waals surface area contributed by atoms with Gasteiger partial charge in [0.1, 0.15) is 0 Å². The molecule has 0 spiro atoms. The summed E-state index contributed by atoms with van der Waals surface area (Å²) in [6, 6.07) is 7.71. The van der Waals surface area contributed by atoms with Gasteiger partial charge < -0.3 is 20.5 Å². The van der Waals surface area contributed by atoms with Crippen molar-refractivity contribution in [2.24, 2.45) is 5.73 Å². The minimum Gasteiger partial charge on any atom is -0.379 e. The molecule has 0 unspecified atom stereocenters. The lowest BCUT2D eigenvalue weighted by atomic mass is 10.3. The average molecular weight is 270 g/mol. The van der Waals surface area contributed by atoms with Gasteiger partial charge in [-0.25, -0.2) is 0 Å². The number of ether oxygens (including phenoxy) is 2. The highest BCUT2D eigenvalue weighted by atomic mass is 32.2. The summed E-state index contributed by atoms with van der Waals surface area (Å²) in [6.07, 6.45) is -0.306. The molecule has 18 heavy (non-hydrogen) atoms. The van der Waals surface area contributed by atoms with Crippen LogP contribution in [0, 0.1) is 0 Å². The second-order valence-electron chi connectivity index (χ2n) is 3.53. The zero-order valence-electron chi connectivity index (χ0n) is 10.5. The van der Waals surface area contributed by atoms with Crippen molar-refractivity contribution in [1.82, 2.24) is 0 Å². The molecule has 0 atom stereocenters. The number of nitrogens with two attached hydrogens (primary N) is 1. The van der Waals surface area contributed by atoms with E-state index in [1.54, 1.807) is 14.2 Å². The third kappa shape index (κ3) is 4.95. The zero-order chi connectivity index (χ0) is 13.4. The number of thioether (sulfide) groups is 1. The van der Waals surface area contributed by atoms with Crippen molar-refractivity contribution in [3.8, 4) is 0 Å². The number of para-hydroxylation sites is 1. The lowest BCUT2D eigenvalue weighted by Gasteiger charge is -2.16. The summed E-state index contributed by atoms with van der Waals surface area (Å²) in [5.74, 6) is -0.0714. The molecule has 1 aromatic carbocycles. The standard InChI is InChI=1S/C12H18N2O3S/c1-16-12(17-2)7-14-9-5-3-4-6-10(9)18-8-11(13)15/h3-6,12,14H,7-8H2,1-2H3,(H2,13,15). The van der Waals surface area contributed by atoms with Gasteiger partial charge in [-0.2, -0.15) is 0 Å². The maximum Gasteiger partial charge on any atom is 0.227 e. The van der Waals surface area contributed by atoms with Gasteiger partial charge in [0.05, 0.1) is 12.3 Å². The number of primary amides is 1. The molecule has 0 radical (unpaired) electrons. The number of methoxy groups -OCH3 is 2. The molecule has 0 fully saturated rings. The molecule has 1 amide bonds. The highest BCUT2D eigenvalue weighted by molar-refractivity contribution is 8.00. The predicted octanol–water partition coefficient (Wildman–Crippen LogP) is 1.29. The van der Waals surface area contributed by atoms with E-state index < -0.39 is 0 Å². The number of nitrogens with one attached hydrogen (secondary N) is 1. The summed E-state index contributed by atoms with van der Waals surface area (Å²) in [6.45, 7) is 0.529. The van der Waals surface area contributed by atoms with Gasteiger partial charge in [-0.3, -0.25) is 4.79 Å². The largest absolute Gasteiger partial charge is 0.379 e. The predicted molar refractivity (Wildman–Crippen MR) is 72.7 cm³/mol. The van der Waals surface area contributed by atoms with E-state index in [2.05, 4.69) is 5.32 Å². The molecule has 0 aromatic heterocycles. The van der Waals surface area contributed by atoms with Crippen LogP contribution in [0.3, 0.4) is 0 Å². The van der Waals surface area contributed by atoms with Crippen LogP contribution in [0.1, 0.15) is 0 Å². The molecule has 100 valence electrons. The van der Waals surface area contributed by atoms with E-state index in [-0.39, 0.29) is 18.0 Å². The fourth-order valence-electron chi connectivity index (χ4n) is 1.34. The van der Waals surface area contributed by atoms with Crippen LogP contribution in [0.2, 0.25) is 0 Å². The van der Waals surface area contributed by atoms with E-state index in [9.17, 15) is 4.79 Å². The molecule has 0 saturated heterocycles. The average Bonchev–Trinajstić information content (AvgIpc) is 2.38. The zero-order valence-corrected chi connectivity index (χ0v) is 11.3.